The molecule has 52 heavy (non-hydrogen) atoms. The molecule has 0 N–H and O–H groups in total. The molecule has 2 nitrogen and oxygen atoms in total. The monoisotopic (exact) mass is 682 g/mol. The summed E-state index contributed by atoms with van der Waals surface area (Å²) in [5.41, 5.74) is 13.9. The number of allylic oxidation sites excluding steroid dienone is 4. The van der Waals surface area contributed by atoms with E-state index in [0.29, 0.717) is 11.8 Å². The minimum atomic E-state index is 0.330. The second kappa shape index (κ2) is 11.4. The molecule has 0 spiro atoms. The van der Waals surface area contributed by atoms with Crippen molar-refractivity contribution in [1.82, 2.24) is 4.57 Å². The van der Waals surface area contributed by atoms with Crippen molar-refractivity contribution in [3.05, 3.63) is 187 Å². The molecule has 11 rings (SSSR count). The first-order chi connectivity index (χ1) is 25.7. The van der Waals surface area contributed by atoms with Gasteiger partial charge in [-0.3, -0.25) is 0 Å². The molecule has 0 fully saturated rings. The van der Waals surface area contributed by atoms with Crippen molar-refractivity contribution in [2.75, 3.05) is 4.90 Å². The van der Waals surface area contributed by atoms with Gasteiger partial charge in [-0.1, -0.05) is 116 Å². The van der Waals surface area contributed by atoms with Crippen molar-refractivity contribution in [3.8, 4) is 27.9 Å². The Kier molecular flexibility index (Phi) is 6.50. The molecular formula is C49H34N2S. The van der Waals surface area contributed by atoms with E-state index in [9.17, 15) is 0 Å². The number of para-hydroxylation sites is 2. The highest BCUT2D eigenvalue weighted by Crippen LogP contribution is 2.53. The Bertz CT molecular complexity index is 2940. The predicted octanol–water partition coefficient (Wildman–Crippen LogP) is 13.8. The number of rotatable bonds is 4. The molecule has 1 aliphatic carbocycles. The molecule has 2 aromatic heterocycles. The van der Waals surface area contributed by atoms with Gasteiger partial charge in [-0.2, -0.15) is 0 Å². The summed E-state index contributed by atoms with van der Waals surface area (Å²) < 4.78 is 5.12. The molecule has 0 bridgehead atoms. The quantitative estimate of drug-likeness (QED) is 0.179. The lowest BCUT2D eigenvalue weighted by molar-refractivity contribution is 0.618. The third kappa shape index (κ3) is 4.36. The van der Waals surface area contributed by atoms with Gasteiger partial charge >= 0.3 is 0 Å². The average Bonchev–Trinajstić information content (AvgIpc) is 3.86. The van der Waals surface area contributed by atoms with Gasteiger partial charge in [-0.15, -0.1) is 11.3 Å². The molecule has 0 saturated carbocycles. The molecule has 0 amide bonds. The van der Waals surface area contributed by atoms with Crippen LogP contribution in [0.3, 0.4) is 0 Å². The maximum atomic E-state index is 2.45. The smallest absolute Gasteiger partial charge is 0.0541 e. The summed E-state index contributed by atoms with van der Waals surface area (Å²) in [7, 11) is 0. The van der Waals surface area contributed by atoms with Crippen LogP contribution in [0.5, 0.6) is 0 Å². The first-order valence-corrected chi connectivity index (χ1v) is 18.9. The number of hydrogen-bond acceptors (Lipinski definition) is 2. The molecule has 2 unspecified atom stereocenters. The Morgan fingerprint density at radius 3 is 2.19 bits per heavy atom. The van der Waals surface area contributed by atoms with Gasteiger partial charge in [0.05, 0.1) is 11.0 Å². The van der Waals surface area contributed by atoms with Crippen molar-refractivity contribution in [2.45, 2.75) is 12.8 Å². The molecular weight excluding hydrogens is 649 g/mol. The van der Waals surface area contributed by atoms with Gasteiger partial charge in [0.15, 0.2) is 0 Å². The van der Waals surface area contributed by atoms with E-state index in [1.807, 2.05) is 11.3 Å². The van der Waals surface area contributed by atoms with E-state index in [4.69, 9.17) is 0 Å². The molecule has 2 atom stereocenters. The molecule has 1 aliphatic heterocycles. The van der Waals surface area contributed by atoms with Crippen LogP contribution in [-0.4, -0.2) is 4.57 Å². The summed E-state index contributed by atoms with van der Waals surface area (Å²) in [6.45, 7) is 2.35. The summed E-state index contributed by atoms with van der Waals surface area (Å²) in [5.74, 6) is 0.751. The second-order valence-electron chi connectivity index (χ2n) is 14.2. The number of thiophene rings is 1. The third-order valence-electron chi connectivity index (χ3n) is 11.2. The highest BCUT2D eigenvalue weighted by molar-refractivity contribution is 7.26. The maximum Gasteiger partial charge on any atom is 0.0541 e. The number of fused-ring (bicyclic) bond motifs is 9. The molecule has 2 aliphatic rings. The van der Waals surface area contributed by atoms with Gasteiger partial charge in [0.2, 0.25) is 0 Å². The van der Waals surface area contributed by atoms with Gasteiger partial charge in [0.1, 0.15) is 0 Å². The van der Waals surface area contributed by atoms with Gasteiger partial charge in [-0.25, -0.2) is 0 Å². The highest BCUT2D eigenvalue weighted by Gasteiger charge is 2.38. The fraction of sp³-hybridized carbons (Fsp3) is 0.0612. The summed E-state index contributed by atoms with van der Waals surface area (Å²) >= 11 is 1.89. The fourth-order valence-electron chi connectivity index (χ4n) is 8.88. The summed E-state index contributed by atoms with van der Waals surface area (Å²) in [4.78, 5) is 2.45. The minimum Gasteiger partial charge on any atom is -0.313 e. The predicted molar refractivity (Wildman–Crippen MR) is 222 cm³/mol. The lowest BCUT2D eigenvalue weighted by atomic mass is 9.83. The zero-order chi connectivity index (χ0) is 34.3. The molecule has 246 valence electrons. The van der Waals surface area contributed by atoms with Crippen LogP contribution in [0.2, 0.25) is 0 Å². The number of aromatic nitrogens is 1. The highest BCUT2D eigenvalue weighted by atomic mass is 32.1. The zero-order valence-corrected chi connectivity index (χ0v) is 29.5. The Hall–Kier alpha value is -6.16. The van der Waals surface area contributed by atoms with E-state index in [2.05, 4.69) is 192 Å². The van der Waals surface area contributed by atoms with Gasteiger partial charge in [-0.05, 0) is 100 Å². The molecule has 3 heterocycles. The van der Waals surface area contributed by atoms with Crippen molar-refractivity contribution >= 4 is 64.7 Å². The van der Waals surface area contributed by atoms with E-state index in [-0.39, 0.29) is 0 Å². The van der Waals surface area contributed by atoms with Gasteiger partial charge in [0, 0.05) is 59.6 Å². The number of hydrogen-bond donors (Lipinski definition) is 0. The maximum absolute atomic E-state index is 2.45. The molecule has 9 aromatic rings. The Morgan fingerprint density at radius 1 is 0.538 bits per heavy atom. The first-order valence-electron chi connectivity index (χ1n) is 18.1. The van der Waals surface area contributed by atoms with E-state index < -0.39 is 0 Å². The van der Waals surface area contributed by atoms with Crippen LogP contribution in [0.4, 0.5) is 11.4 Å². The minimum absolute atomic E-state index is 0.330. The zero-order valence-electron chi connectivity index (χ0n) is 28.7. The number of nitrogens with zero attached hydrogens (tertiary/aromatic N) is 2. The Balaban J connectivity index is 1.04. The summed E-state index contributed by atoms with van der Waals surface area (Å²) in [6.07, 6.45) is 6.87. The van der Waals surface area contributed by atoms with E-state index in [1.54, 1.807) is 0 Å². The van der Waals surface area contributed by atoms with Crippen molar-refractivity contribution in [1.29, 1.82) is 0 Å². The number of benzene rings is 7. The van der Waals surface area contributed by atoms with Crippen LogP contribution in [0.15, 0.2) is 182 Å². The van der Waals surface area contributed by atoms with E-state index in [0.717, 1.165) is 0 Å². The van der Waals surface area contributed by atoms with Crippen molar-refractivity contribution in [3.63, 3.8) is 0 Å². The van der Waals surface area contributed by atoms with Crippen LogP contribution in [-0.2, 0) is 0 Å². The molecule has 3 heteroatoms. The average molecular weight is 683 g/mol. The van der Waals surface area contributed by atoms with Crippen LogP contribution >= 0.6 is 11.3 Å². The van der Waals surface area contributed by atoms with Gasteiger partial charge in [0.25, 0.3) is 0 Å². The largest absolute Gasteiger partial charge is 0.313 e. The first kappa shape index (κ1) is 29.6. The Labute approximate surface area is 306 Å². The van der Waals surface area contributed by atoms with Crippen LogP contribution < -0.4 is 4.90 Å². The van der Waals surface area contributed by atoms with Crippen molar-refractivity contribution in [2.24, 2.45) is 5.92 Å². The molecule has 7 aromatic carbocycles. The van der Waals surface area contributed by atoms with Crippen LogP contribution in [0.1, 0.15) is 18.4 Å². The van der Waals surface area contributed by atoms with Crippen LogP contribution in [0, 0.1) is 5.92 Å². The van der Waals surface area contributed by atoms with Gasteiger partial charge < -0.3 is 9.47 Å². The standard InChI is InChI=1S/C49H34N2S/c1-31-12-9-22-46-48(31)42-30-33(25-27-45(42)50(46)35-14-3-2-4-15-35)32-24-26-44-41(29-32)38-17-5-7-21-43(38)51(44)36-16-10-13-34(28-36)37-19-11-20-40-39-18-6-8-23-47(39)52-49(37)40/h2-31,48H,1H3. The normalized spacial score (nSPS) is 16.6. The second-order valence-corrected chi connectivity index (χ2v) is 15.2. The van der Waals surface area contributed by atoms with Crippen molar-refractivity contribution < 1.29 is 0 Å². The Morgan fingerprint density at radius 2 is 1.27 bits per heavy atom. The third-order valence-corrected chi connectivity index (χ3v) is 12.4. The summed E-state index contributed by atoms with van der Waals surface area (Å²) in [6, 6.07) is 58.3. The topological polar surface area (TPSA) is 8.17 Å². The van der Waals surface area contributed by atoms with E-state index >= 15 is 0 Å². The lowest BCUT2D eigenvalue weighted by Gasteiger charge is -2.27. The SMILES string of the molecule is CC1C=CC=C2C1c1cc(-c3ccc4c(c3)c3ccccc3n4-c3cccc(-c4cccc5c4sc4ccccc45)c3)ccc1N2c1ccccc1. The molecule has 0 radical (unpaired) electrons. The number of anilines is 2. The summed E-state index contributed by atoms with van der Waals surface area (Å²) in [5, 5.41) is 5.20. The van der Waals surface area contributed by atoms with Crippen LogP contribution in [0.25, 0.3) is 69.9 Å². The fourth-order valence-corrected chi connectivity index (χ4v) is 10.1. The molecule has 0 saturated heterocycles. The lowest BCUT2D eigenvalue weighted by Crippen LogP contribution is -2.18. The van der Waals surface area contributed by atoms with E-state index in [1.165, 1.54) is 92.6 Å².